The number of hydrogen-bond acceptors (Lipinski definition) is 6. The van der Waals surface area contributed by atoms with E-state index in [1.807, 2.05) is 0 Å². The van der Waals surface area contributed by atoms with Crippen molar-refractivity contribution in [1.82, 2.24) is 14.9 Å². The topological polar surface area (TPSA) is 59.5 Å². The highest BCUT2D eigenvalue weighted by Gasteiger charge is 2.20. The number of anilines is 1. The van der Waals surface area contributed by atoms with E-state index in [1.54, 1.807) is 7.11 Å². The first-order valence-electron chi connectivity index (χ1n) is 10.7. The average Bonchev–Trinajstić information content (AvgIpc) is 3.24. The minimum Gasteiger partial charge on any atom is -0.481 e. The van der Waals surface area contributed by atoms with Crippen LogP contribution in [-0.4, -0.2) is 54.8 Å². The van der Waals surface area contributed by atoms with Crippen LogP contribution in [0.2, 0.25) is 0 Å². The van der Waals surface area contributed by atoms with Gasteiger partial charge in [-0.2, -0.15) is 0 Å². The molecule has 1 saturated heterocycles. The molecular weight excluding hydrogens is 352 g/mol. The molecule has 1 aliphatic heterocycles. The molecule has 1 N–H and O–H groups in total. The molecule has 1 aliphatic carbocycles. The molecule has 152 valence electrons. The Morgan fingerprint density at radius 2 is 1.93 bits per heavy atom. The molecule has 0 bridgehead atoms. The van der Waals surface area contributed by atoms with E-state index in [0.717, 1.165) is 54.8 Å². The second-order valence-corrected chi connectivity index (χ2v) is 7.78. The molecule has 4 rings (SSSR count). The highest BCUT2D eigenvalue weighted by Crippen LogP contribution is 2.34. The number of nitrogens with zero attached hydrogens (tertiary/aromatic N) is 3. The van der Waals surface area contributed by atoms with Gasteiger partial charge in [-0.1, -0.05) is 0 Å². The summed E-state index contributed by atoms with van der Waals surface area (Å²) in [5.41, 5.74) is 6.53. The first kappa shape index (κ1) is 19.4. The molecule has 1 fully saturated rings. The number of methoxy groups -OCH3 is 1. The maximum atomic E-state index is 5.96. The number of likely N-dealkylation sites (tertiary alicyclic amines) is 1. The Morgan fingerprint density at radius 1 is 1.11 bits per heavy atom. The Kier molecular flexibility index (Phi) is 6.27. The highest BCUT2D eigenvalue weighted by molar-refractivity contribution is 5.91. The van der Waals surface area contributed by atoms with Crippen molar-refractivity contribution in [3.05, 3.63) is 22.9 Å². The minimum absolute atomic E-state index is 0.509. The average molecular weight is 385 g/mol. The van der Waals surface area contributed by atoms with Crippen molar-refractivity contribution in [3.63, 3.8) is 0 Å². The number of pyridine rings is 2. The lowest BCUT2D eigenvalue weighted by molar-refractivity contribution is 0.0975. The zero-order chi connectivity index (χ0) is 19.3. The maximum absolute atomic E-state index is 5.96. The molecular formula is C22H32N4O2. The lowest BCUT2D eigenvalue weighted by Crippen LogP contribution is -2.24. The monoisotopic (exact) mass is 384 g/mol. The number of rotatable bonds is 8. The number of fused-ring (bicyclic) bond motifs is 2. The number of aromatic nitrogens is 2. The van der Waals surface area contributed by atoms with Crippen molar-refractivity contribution in [2.75, 3.05) is 45.2 Å². The van der Waals surface area contributed by atoms with Gasteiger partial charge >= 0.3 is 0 Å². The van der Waals surface area contributed by atoms with Crippen LogP contribution in [-0.2, 0) is 24.2 Å². The fourth-order valence-corrected chi connectivity index (χ4v) is 4.39. The number of hydrogen-bond donors (Lipinski definition) is 1. The van der Waals surface area contributed by atoms with Crippen LogP contribution in [0.4, 0.5) is 5.69 Å². The summed E-state index contributed by atoms with van der Waals surface area (Å²) in [5, 5.41) is 3.54. The SMILES string of the molecule is CCNc1c2c(nc3cc(COCCN4CCCC4)c(OC)nc13)CCCC2. The molecule has 0 saturated carbocycles. The molecule has 0 unspecified atom stereocenters. The third kappa shape index (κ3) is 4.08. The van der Waals surface area contributed by atoms with Gasteiger partial charge in [0, 0.05) is 24.3 Å². The number of ether oxygens (including phenoxy) is 2. The van der Waals surface area contributed by atoms with Crippen molar-refractivity contribution >= 4 is 16.7 Å². The van der Waals surface area contributed by atoms with E-state index >= 15 is 0 Å². The second-order valence-electron chi connectivity index (χ2n) is 7.78. The van der Waals surface area contributed by atoms with E-state index in [-0.39, 0.29) is 0 Å². The molecule has 28 heavy (non-hydrogen) atoms. The summed E-state index contributed by atoms with van der Waals surface area (Å²) in [4.78, 5) is 12.3. The summed E-state index contributed by atoms with van der Waals surface area (Å²) < 4.78 is 11.6. The fraction of sp³-hybridized carbons (Fsp3) is 0.636. The van der Waals surface area contributed by atoms with Crippen LogP contribution >= 0.6 is 0 Å². The van der Waals surface area contributed by atoms with Crippen LogP contribution < -0.4 is 10.1 Å². The summed E-state index contributed by atoms with van der Waals surface area (Å²) in [7, 11) is 1.68. The first-order valence-corrected chi connectivity index (χ1v) is 10.7. The van der Waals surface area contributed by atoms with Gasteiger partial charge in [-0.25, -0.2) is 4.98 Å². The van der Waals surface area contributed by atoms with Crippen LogP contribution in [0.5, 0.6) is 5.88 Å². The van der Waals surface area contributed by atoms with E-state index in [2.05, 4.69) is 23.2 Å². The quantitative estimate of drug-likeness (QED) is 0.702. The van der Waals surface area contributed by atoms with Gasteiger partial charge in [0.05, 0.1) is 31.5 Å². The van der Waals surface area contributed by atoms with Crippen molar-refractivity contribution in [2.24, 2.45) is 0 Å². The molecule has 6 heteroatoms. The zero-order valence-corrected chi connectivity index (χ0v) is 17.2. The van der Waals surface area contributed by atoms with Crippen LogP contribution in [0.15, 0.2) is 6.07 Å². The molecule has 2 aliphatic rings. The molecule has 0 amide bonds. The lowest BCUT2D eigenvalue weighted by Gasteiger charge is -2.21. The van der Waals surface area contributed by atoms with E-state index < -0.39 is 0 Å². The van der Waals surface area contributed by atoms with Crippen molar-refractivity contribution in [1.29, 1.82) is 0 Å². The molecule has 0 atom stereocenters. The Balaban J connectivity index is 1.58. The summed E-state index contributed by atoms with van der Waals surface area (Å²) in [6.07, 6.45) is 7.19. The first-order chi connectivity index (χ1) is 13.8. The van der Waals surface area contributed by atoms with Gasteiger partial charge in [-0.15, -0.1) is 0 Å². The molecule has 6 nitrogen and oxygen atoms in total. The zero-order valence-electron chi connectivity index (χ0n) is 17.2. The fourth-order valence-electron chi connectivity index (χ4n) is 4.39. The third-order valence-electron chi connectivity index (χ3n) is 5.83. The Hall–Kier alpha value is -1.92. The molecule has 2 aromatic rings. The van der Waals surface area contributed by atoms with E-state index in [4.69, 9.17) is 19.4 Å². The standard InChI is InChI=1S/C22H32N4O2/c1-3-23-20-17-8-4-5-9-18(17)24-19-14-16(22(27-2)25-21(19)20)15-28-13-12-26-10-6-7-11-26/h14H,3-13,15H2,1-2H3,(H,23,24). The van der Waals surface area contributed by atoms with E-state index in [9.17, 15) is 0 Å². The molecule has 3 heterocycles. The van der Waals surface area contributed by atoms with E-state index in [1.165, 1.54) is 50.0 Å². The van der Waals surface area contributed by atoms with Gasteiger partial charge in [0.2, 0.25) is 5.88 Å². The van der Waals surface area contributed by atoms with Crippen molar-refractivity contribution in [3.8, 4) is 5.88 Å². The lowest BCUT2D eigenvalue weighted by atomic mass is 9.93. The van der Waals surface area contributed by atoms with Crippen LogP contribution in [0.25, 0.3) is 11.0 Å². The van der Waals surface area contributed by atoms with Gasteiger partial charge < -0.3 is 19.7 Å². The summed E-state index contributed by atoms with van der Waals surface area (Å²) in [6.45, 7) is 7.65. The Morgan fingerprint density at radius 3 is 2.71 bits per heavy atom. The van der Waals surface area contributed by atoms with Gasteiger partial charge in [-0.05, 0) is 70.2 Å². The Labute approximate surface area is 167 Å². The largest absolute Gasteiger partial charge is 0.481 e. The van der Waals surface area contributed by atoms with Crippen LogP contribution in [0, 0.1) is 0 Å². The number of nitrogens with one attached hydrogen (secondary N) is 1. The highest BCUT2D eigenvalue weighted by atomic mass is 16.5. The van der Waals surface area contributed by atoms with Crippen molar-refractivity contribution < 1.29 is 9.47 Å². The molecule has 0 spiro atoms. The van der Waals surface area contributed by atoms with Crippen LogP contribution in [0.1, 0.15) is 49.4 Å². The summed E-state index contributed by atoms with van der Waals surface area (Å²) in [5.74, 6) is 0.644. The van der Waals surface area contributed by atoms with Gasteiger partial charge in [0.1, 0.15) is 5.52 Å². The van der Waals surface area contributed by atoms with Gasteiger partial charge in [0.15, 0.2) is 0 Å². The van der Waals surface area contributed by atoms with E-state index in [0.29, 0.717) is 12.5 Å². The third-order valence-corrected chi connectivity index (χ3v) is 5.83. The van der Waals surface area contributed by atoms with Crippen LogP contribution in [0.3, 0.4) is 0 Å². The van der Waals surface area contributed by atoms with Crippen molar-refractivity contribution in [2.45, 2.75) is 52.1 Å². The molecule has 0 radical (unpaired) electrons. The van der Waals surface area contributed by atoms with Gasteiger partial charge in [0.25, 0.3) is 0 Å². The predicted octanol–water partition coefficient (Wildman–Crippen LogP) is 3.56. The predicted molar refractivity (Wildman–Crippen MR) is 112 cm³/mol. The maximum Gasteiger partial charge on any atom is 0.219 e. The second kappa shape index (κ2) is 9.05. The normalized spacial score (nSPS) is 17.1. The summed E-state index contributed by atoms with van der Waals surface area (Å²) in [6, 6.07) is 2.10. The summed E-state index contributed by atoms with van der Waals surface area (Å²) >= 11 is 0. The molecule has 0 aromatic carbocycles. The van der Waals surface area contributed by atoms with Gasteiger partial charge in [-0.3, -0.25) is 4.98 Å². The Bertz CT molecular complexity index is 818. The number of aryl methyl sites for hydroxylation is 1. The molecule has 2 aromatic heterocycles. The smallest absolute Gasteiger partial charge is 0.219 e. The minimum atomic E-state index is 0.509.